The molecule has 0 unspecified atom stereocenters. The van der Waals surface area contributed by atoms with Gasteiger partial charge in [-0.25, -0.2) is 0 Å². The molecule has 40 heavy (non-hydrogen) atoms. The Kier molecular flexibility index (Phi) is 13.7. The molecular formula is C32H42N2O6. The molecule has 2 aromatic rings. The predicted molar refractivity (Wildman–Crippen MR) is 152 cm³/mol. The molecule has 0 atom stereocenters. The first-order valence-corrected chi connectivity index (χ1v) is 14.5. The second-order valence-corrected chi connectivity index (χ2v) is 10.1. The molecule has 0 aliphatic carbocycles. The third kappa shape index (κ3) is 12.0. The highest BCUT2D eigenvalue weighted by molar-refractivity contribution is 5.79. The fraction of sp³-hybridized carbons (Fsp3) is 0.500. The summed E-state index contributed by atoms with van der Waals surface area (Å²) in [6.45, 7) is 2.70. The highest BCUT2D eigenvalue weighted by atomic mass is 16.5. The van der Waals surface area contributed by atoms with Crippen LogP contribution < -0.4 is 0 Å². The molecule has 0 bridgehead atoms. The van der Waals surface area contributed by atoms with Crippen LogP contribution in [0.4, 0.5) is 0 Å². The molecule has 3 rings (SSSR count). The average Bonchev–Trinajstić information content (AvgIpc) is 2.98. The molecule has 0 saturated carbocycles. The third-order valence-electron chi connectivity index (χ3n) is 6.96. The lowest BCUT2D eigenvalue weighted by atomic mass is 10.1. The maximum Gasteiger partial charge on any atom is 0.305 e. The normalized spacial score (nSPS) is 13.1. The van der Waals surface area contributed by atoms with Crippen LogP contribution in [0.5, 0.6) is 0 Å². The number of hydrogen-bond acceptors (Lipinski definition) is 6. The van der Waals surface area contributed by atoms with Crippen molar-refractivity contribution >= 4 is 23.8 Å². The van der Waals surface area contributed by atoms with Gasteiger partial charge < -0.3 is 19.3 Å². The van der Waals surface area contributed by atoms with Gasteiger partial charge in [-0.05, 0) is 49.7 Å². The first-order valence-electron chi connectivity index (χ1n) is 14.5. The summed E-state index contributed by atoms with van der Waals surface area (Å²) in [7, 11) is 0. The van der Waals surface area contributed by atoms with Crippen LogP contribution in [0.25, 0.3) is 0 Å². The number of piperazine rings is 1. The van der Waals surface area contributed by atoms with Gasteiger partial charge in [0, 0.05) is 51.9 Å². The molecule has 0 N–H and O–H groups in total. The number of nitrogens with zero attached hydrogens (tertiary/aromatic N) is 2. The number of carbonyl (C=O) groups is 4. The summed E-state index contributed by atoms with van der Waals surface area (Å²) >= 11 is 0. The monoisotopic (exact) mass is 550 g/mol. The summed E-state index contributed by atoms with van der Waals surface area (Å²) in [6, 6.07) is 20.1. The van der Waals surface area contributed by atoms with E-state index in [2.05, 4.69) is 24.3 Å². The van der Waals surface area contributed by atoms with Gasteiger partial charge in [-0.2, -0.15) is 0 Å². The second kappa shape index (κ2) is 17.8. The number of rotatable bonds is 16. The summed E-state index contributed by atoms with van der Waals surface area (Å²) in [5, 5.41) is 0. The van der Waals surface area contributed by atoms with Crippen molar-refractivity contribution in [2.75, 3.05) is 39.4 Å². The van der Waals surface area contributed by atoms with E-state index in [-0.39, 0.29) is 36.6 Å². The lowest BCUT2D eigenvalue weighted by molar-refractivity contribution is -0.145. The zero-order valence-electron chi connectivity index (χ0n) is 23.4. The summed E-state index contributed by atoms with van der Waals surface area (Å²) in [5.41, 5.74) is 2.44. The van der Waals surface area contributed by atoms with E-state index in [0.29, 0.717) is 65.1 Å². The van der Waals surface area contributed by atoms with Gasteiger partial charge in [0.1, 0.15) is 0 Å². The lowest BCUT2D eigenvalue weighted by Crippen LogP contribution is -2.50. The predicted octanol–water partition coefficient (Wildman–Crippen LogP) is 4.35. The van der Waals surface area contributed by atoms with Gasteiger partial charge in [-0.1, -0.05) is 60.7 Å². The Hall–Kier alpha value is -3.68. The SMILES string of the molecule is O=C(CCCC(=O)N1CCN(C(=O)CCCC(=O)OCCCc2ccccc2)CC1)OCCCc1ccccc1. The Morgan fingerprint density at radius 1 is 0.525 bits per heavy atom. The van der Waals surface area contributed by atoms with Crippen molar-refractivity contribution in [2.45, 2.75) is 64.2 Å². The topological polar surface area (TPSA) is 93.2 Å². The molecule has 0 aromatic heterocycles. The number of hydrogen-bond donors (Lipinski definition) is 0. The van der Waals surface area contributed by atoms with Crippen LogP contribution in [0, 0.1) is 0 Å². The number of esters is 2. The molecule has 1 aliphatic heterocycles. The minimum atomic E-state index is -0.271. The summed E-state index contributed by atoms with van der Waals surface area (Å²) in [4.78, 5) is 52.5. The van der Waals surface area contributed by atoms with Crippen LogP contribution >= 0.6 is 0 Å². The second-order valence-electron chi connectivity index (χ2n) is 10.1. The smallest absolute Gasteiger partial charge is 0.305 e. The standard InChI is InChI=1S/C32H42N2O6/c35-29(17-7-19-31(37)39-25-9-15-27-11-3-1-4-12-27)33-21-23-34(24-22-33)30(36)18-8-20-32(38)40-26-10-16-28-13-5-2-6-14-28/h1-6,11-14H,7-10,15-26H2. The van der Waals surface area contributed by atoms with Gasteiger partial charge in [0.15, 0.2) is 0 Å². The maximum absolute atomic E-state index is 12.5. The molecule has 1 saturated heterocycles. The van der Waals surface area contributed by atoms with E-state index in [1.807, 2.05) is 36.4 Å². The Morgan fingerprint density at radius 2 is 0.900 bits per heavy atom. The number of aryl methyl sites for hydroxylation is 2. The fourth-order valence-corrected chi connectivity index (χ4v) is 4.65. The minimum Gasteiger partial charge on any atom is -0.466 e. The Labute approximate surface area is 237 Å². The van der Waals surface area contributed by atoms with Gasteiger partial charge in [0.05, 0.1) is 13.2 Å². The Morgan fingerprint density at radius 3 is 1.27 bits per heavy atom. The van der Waals surface area contributed by atoms with Crippen molar-refractivity contribution in [3.05, 3.63) is 71.8 Å². The van der Waals surface area contributed by atoms with Gasteiger partial charge in [-0.15, -0.1) is 0 Å². The maximum atomic E-state index is 12.5. The third-order valence-corrected chi connectivity index (χ3v) is 6.96. The molecule has 1 heterocycles. The molecule has 2 aromatic carbocycles. The molecule has 216 valence electrons. The van der Waals surface area contributed by atoms with Crippen molar-refractivity contribution in [1.29, 1.82) is 0 Å². The largest absolute Gasteiger partial charge is 0.466 e. The van der Waals surface area contributed by atoms with Crippen LogP contribution in [0.2, 0.25) is 0 Å². The molecule has 1 fully saturated rings. The van der Waals surface area contributed by atoms with Crippen molar-refractivity contribution in [2.24, 2.45) is 0 Å². The molecule has 0 radical (unpaired) electrons. The molecular weight excluding hydrogens is 508 g/mol. The van der Waals surface area contributed by atoms with Gasteiger partial charge >= 0.3 is 11.9 Å². The van der Waals surface area contributed by atoms with Gasteiger partial charge in [0.2, 0.25) is 11.8 Å². The van der Waals surface area contributed by atoms with Crippen LogP contribution in [0.15, 0.2) is 60.7 Å². The zero-order valence-corrected chi connectivity index (χ0v) is 23.4. The van der Waals surface area contributed by atoms with Crippen LogP contribution in [0.3, 0.4) is 0 Å². The first-order chi connectivity index (χ1) is 19.5. The number of carbonyl (C=O) groups excluding carboxylic acids is 4. The highest BCUT2D eigenvalue weighted by Crippen LogP contribution is 2.11. The van der Waals surface area contributed by atoms with Crippen LogP contribution in [-0.2, 0) is 41.5 Å². The quantitative estimate of drug-likeness (QED) is 0.228. The van der Waals surface area contributed by atoms with E-state index in [1.165, 1.54) is 11.1 Å². The van der Waals surface area contributed by atoms with Crippen molar-refractivity contribution in [3.63, 3.8) is 0 Å². The van der Waals surface area contributed by atoms with Gasteiger partial charge in [-0.3, -0.25) is 19.2 Å². The van der Waals surface area contributed by atoms with Crippen molar-refractivity contribution in [1.82, 2.24) is 9.80 Å². The van der Waals surface area contributed by atoms with Crippen molar-refractivity contribution in [3.8, 4) is 0 Å². The van der Waals surface area contributed by atoms with E-state index < -0.39 is 0 Å². The van der Waals surface area contributed by atoms with Crippen LogP contribution in [-0.4, -0.2) is 72.9 Å². The zero-order chi connectivity index (χ0) is 28.4. The molecule has 0 spiro atoms. The van der Waals surface area contributed by atoms with E-state index in [1.54, 1.807) is 9.80 Å². The molecule has 8 nitrogen and oxygen atoms in total. The first kappa shape index (κ1) is 30.9. The Balaban J connectivity index is 1.17. The van der Waals surface area contributed by atoms with E-state index in [4.69, 9.17) is 9.47 Å². The average molecular weight is 551 g/mol. The minimum absolute atomic E-state index is 0.000939. The van der Waals surface area contributed by atoms with Gasteiger partial charge in [0.25, 0.3) is 0 Å². The molecule has 1 aliphatic rings. The fourth-order valence-electron chi connectivity index (χ4n) is 4.65. The molecule has 2 amide bonds. The number of amides is 2. The summed E-state index contributed by atoms with van der Waals surface area (Å²) < 4.78 is 10.6. The Bertz CT molecular complexity index is 966. The van der Waals surface area contributed by atoms with E-state index in [9.17, 15) is 19.2 Å². The van der Waals surface area contributed by atoms with Crippen molar-refractivity contribution < 1.29 is 28.7 Å². The summed E-state index contributed by atoms with van der Waals surface area (Å²) in [5.74, 6) is -0.544. The van der Waals surface area contributed by atoms with E-state index in [0.717, 1.165) is 25.7 Å². The highest BCUT2D eigenvalue weighted by Gasteiger charge is 2.24. The summed E-state index contributed by atoms with van der Waals surface area (Å²) in [6.07, 6.45) is 5.23. The number of benzene rings is 2. The number of ether oxygens (including phenoxy) is 2. The lowest BCUT2D eigenvalue weighted by Gasteiger charge is -2.35. The van der Waals surface area contributed by atoms with Crippen LogP contribution in [0.1, 0.15) is 62.5 Å². The van der Waals surface area contributed by atoms with E-state index >= 15 is 0 Å². The molecule has 8 heteroatoms.